The van der Waals surface area contributed by atoms with Crippen LogP contribution < -0.4 is 15.2 Å². The standard InChI is InChI=1S/C16H27NO4/c1-3-5-8-19-11-14(18)12-21-15-7-6-13(10-17)9-16(15)20-4-2/h6-7,9,14,18H,3-5,8,10-12,17H2,1-2H3. The van der Waals surface area contributed by atoms with Gasteiger partial charge in [0.15, 0.2) is 11.5 Å². The van der Waals surface area contributed by atoms with E-state index < -0.39 is 6.10 Å². The van der Waals surface area contributed by atoms with Crippen LogP contribution in [0, 0.1) is 0 Å². The van der Waals surface area contributed by atoms with E-state index >= 15 is 0 Å². The maximum Gasteiger partial charge on any atom is 0.161 e. The molecule has 1 atom stereocenters. The molecule has 1 rings (SSSR count). The van der Waals surface area contributed by atoms with E-state index in [-0.39, 0.29) is 13.2 Å². The largest absolute Gasteiger partial charge is 0.490 e. The van der Waals surface area contributed by atoms with Gasteiger partial charge in [-0.05, 0) is 31.0 Å². The monoisotopic (exact) mass is 297 g/mol. The second kappa shape index (κ2) is 10.4. The van der Waals surface area contributed by atoms with Gasteiger partial charge in [0.2, 0.25) is 0 Å². The van der Waals surface area contributed by atoms with Gasteiger partial charge in [-0.25, -0.2) is 0 Å². The molecule has 1 aromatic rings. The van der Waals surface area contributed by atoms with Crippen LogP contribution in [0.2, 0.25) is 0 Å². The van der Waals surface area contributed by atoms with Crippen molar-refractivity contribution in [2.75, 3.05) is 26.4 Å². The van der Waals surface area contributed by atoms with Crippen LogP contribution in [0.25, 0.3) is 0 Å². The summed E-state index contributed by atoms with van der Waals surface area (Å²) in [5.41, 5.74) is 6.59. The second-order valence-corrected chi connectivity index (χ2v) is 4.81. The number of nitrogens with two attached hydrogens (primary N) is 1. The summed E-state index contributed by atoms with van der Waals surface area (Å²) in [6.07, 6.45) is 1.44. The highest BCUT2D eigenvalue weighted by Gasteiger charge is 2.10. The topological polar surface area (TPSA) is 73.9 Å². The van der Waals surface area contributed by atoms with Crippen molar-refractivity contribution in [2.45, 2.75) is 39.3 Å². The first-order chi connectivity index (χ1) is 10.2. The molecule has 0 fully saturated rings. The third-order valence-electron chi connectivity index (χ3n) is 2.93. The van der Waals surface area contributed by atoms with Crippen LogP contribution in [-0.4, -0.2) is 37.6 Å². The number of hydrogen-bond acceptors (Lipinski definition) is 5. The molecular formula is C16H27NO4. The predicted molar refractivity (Wildman–Crippen MR) is 82.7 cm³/mol. The van der Waals surface area contributed by atoms with Crippen molar-refractivity contribution in [1.82, 2.24) is 0 Å². The third kappa shape index (κ3) is 6.80. The SMILES string of the molecule is CCCCOCC(O)COc1ccc(CN)cc1OCC. The summed E-state index contributed by atoms with van der Waals surface area (Å²) in [4.78, 5) is 0. The molecule has 21 heavy (non-hydrogen) atoms. The summed E-state index contributed by atoms with van der Waals surface area (Å²) < 4.78 is 16.5. The Hall–Kier alpha value is -1.30. The van der Waals surface area contributed by atoms with E-state index in [1.165, 1.54) is 0 Å². The number of ether oxygens (including phenoxy) is 3. The maximum absolute atomic E-state index is 9.82. The van der Waals surface area contributed by atoms with Gasteiger partial charge in [0.1, 0.15) is 12.7 Å². The maximum atomic E-state index is 9.82. The Balaban J connectivity index is 2.46. The van der Waals surface area contributed by atoms with Gasteiger partial charge in [0.25, 0.3) is 0 Å². The van der Waals surface area contributed by atoms with Crippen LogP contribution in [0.4, 0.5) is 0 Å². The first kappa shape index (κ1) is 17.8. The van der Waals surface area contributed by atoms with Crippen LogP contribution in [0.3, 0.4) is 0 Å². The first-order valence-corrected chi connectivity index (χ1v) is 7.55. The second-order valence-electron chi connectivity index (χ2n) is 4.81. The molecule has 0 aliphatic carbocycles. The highest BCUT2D eigenvalue weighted by atomic mass is 16.5. The number of hydrogen-bond donors (Lipinski definition) is 2. The first-order valence-electron chi connectivity index (χ1n) is 7.55. The molecule has 5 heteroatoms. The quantitative estimate of drug-likeness (QED) is 0.612. The molecule has 0 aliphatic rings. The Morgan fingerprint density at radius 2 is 1.95 bits per heavy atom. The minimum Gasteiger partial charge on any atom is -0.490 e. The van der Waals surface area contributed by atoms with E-state index in [0.717, 1.165) is 18.4 Å². The zero-order chi connectivity index (χ0) is 15.5. The number of benzene rings is 1. The molecule has 120 valence electrons. The Labute approximate surface area is 127 Å². The van der Waals surface area contributed by atoms with Crippen LogP contribution in [0.5, 0.6) is 11.5 Å². The molecule has 0 heterocycles. The highest BCUT2D eigenvalue weighted by Crippen LogP contribution is 2.28. The van der Waals surface area contributed by atoms with Crippen LogP contribution in [0.1, 0.15) is 32.3 Å². The van der Waals surface area contributed by atoms with Crippen molar-refractivity contribution in [3.63, 3.8) is 0 Å². The Morgan fingerprint density at radius 1 is 1.14 bits per heavy atom. The lowest BCUT2D eigenvalue weighted by Crippen LogP contribution is -2.23. The zero-order valence-corrected chi connectivity index (χ0v) is 13.0. The van der Waals surface area contributed by atoms with E-state index in [9.17, 15) is 5.11 Å². The smallest absolute Gasteiger partial charge is 0.161 e. The lowest BCUT2D eigenvalue weighted by Gasteiger charge is -2.16. The molecule has 0 aromatic heterocycles. The summed E-state index contributed by atoms with van der Waals surface area (Å²) in [6, 6.07) is 5.57. The van der Waals surface area contributed by atoms with Crippen molar-refractivity contribution >= 4 is 0 Å². The van der Waals surface area contributed by atoms with Crippen molar-refractivity contribution in [3.8, 4) is 11.5 Å². The van der Waals surface area contributed by atoms with E-state index in [4.69, 9.17) is 19.9 Å². The number of rotatable bonds is 11. The molecular weight excluding hydrogens is 270 g/mol. The third-order valence-corrected chi connectivity index (χ3v) is 2.93. The summed E-state index contributed by atoms with van der Waals surface area (Å²) in [5.74, 6) is 1.27. The van der Waals surface area contributed by atoms with E-state index in [2.05, 4.69) is 6.92 Å². The van der Waals surface area contributed by atoms with E-state index in [0.29, 0.717) is 31.3 Å². The van der Waals surface area contributed by atoms with Crippen molar-refractivity contribution in [2.24, 2.45) is 5.73 Å². The molecule has 0 saturated heterocycles. The fourth-order valence-electron chi connectivity index (χ4n) is 1.77. The fraction of sp³-hybridized carbons (Fsp3) is 0.625. The van der Waals surface area contributed by atoms with Crippen molar-refractivity contribution in [3.05, 3.63) is 23.8 Å². The summed E-state index contributed by atoms with van der Waals surface area (Å²) in [7, 11) is 0. The Kier molecular flexibility index (Phi) is 8.82. The Morgan fingerprint density at radius 3 is 2.62 bits per heavy atom. The lowest BCUT2D eigenvalue weighted by molar-refractivity contribution is 0.0108. The van der Waals surface area contributed by atoms with Crippen LogP contribution in [0.15, 0.2) is 18.2 Å². The molecule has 1 aromatic carbocycles. The average molecular weight is 297 g/mol. The molecule has 0 bridgehead atoms. The van der Waals surface area contributed by atoms with Crippen LogP contribution >= 0.6 is 0 Å². The normalized spacial score (nSPS) is 12.2. The van der Waals surface area contributed by atoms with Gasteiger partial charge >= 0.3 is 0 Å². The van der Waals surface area contributed by atoms with Crippen molar-refractivity contribution < 1.29 is 19.3 Å². The lowest BCUT2D eigenvalue weighted by atomic mass is 10.2. The van der Waals surface area contributed by atoms with Gasteiger partial charge in [-0.3, -0.25) is 0 Å². The fourth-order valence-corrected chi connectivity index (χ4v) is 1.77. The molecule has 0 spiro atoms. The number of aliphatic hydroxyl groups excluding tert-OH is 1. The molecule has 0 aliphatic heterocycles. The van der Waals surface area contributed by atoms with Gasteiger partial charge in [-0.2, -0.15) is 0 Å². The highest BCUT2D eigenvalue weighted by molar-refractivity contribution is 5.43. The van der Waals surface area contributed by atoms with E-state index in [1.807, 2.05) is 25.1 Å². The van der Waals surface area contributed by atoms with E-state index in [1.54, 1.807) is 0 Å². The van der Waals surface area contributed by atoms with Gasteiger partial charge in [-0.1, -0.05) is 19.4 Å². The molecule has 3 N–H and O–H groups in total. The van der Waals surface area contributed by atoms with Gasteiger partial charge in [0, 0.05) is 13.2 Å². The van der Waals surface area contributed by atoms with Crippen molar-refractivity contribution in [1.29, 1.82) is 0 Å². The molecule has 0 radical (unpaired) electrons. The predicted octanol–water partition coefficient (Wildman–Crippen LogP) is 2.10. The van der Waals surface area contributed by atoms with Gasteiger partial charge in [0.05, 0.1) is 13.2 Å². The summed E-state index contributed by atoms with van der Waals surface area (Å²) in [5, 5.41) is 9.82. The van der Waals surface area contributed by atoms with Crippen LogP contribution in [-0.2, 0) is 11.3 Å². The molecule has 5 nitrogen and oxygen atoms in total. The number of unbranched alkanes of at least 4 members (excludes halogenated alkanes) is 1. The molecule has 0 saturated carbocycles. The minimum absolute atomic E-state index is 0.175. The average Bonchev–Trinajstić information content (AvgIpc) is 2.50. The zero-order valence-electron chi connectivity index (χ0n) is 13.0. The number of aliphatic hydroxyl groups is 1. The Bertz CT molecular complexity index is 398. The summed E-state index contributed by atoms with van der Waals surface area (Å²) >= 11 is 0. The molecule has 0 amide bonds. The molecule has 1 unspecified atom stereocenters. The summed E-state index contributed by atoms with van der Waals surface area (Å²) in [6.45, 7) is 6.14. The minimum atomic E-state index is -0.648. The van der Waals surface area contributed by atoms with Gasteiger partial charge in [-0.15, -0.1) is 0 Å². The van der Waals surface area contributed by atoms with Gasteiger partial charge < -0.3 is 25.1 Å².